The molecule has 1 aromatic heterocycles. The third-order valence-electron chi connectivity index (χ3n) is 6.66. The van der Waals surface area contributed by atoms with Crippen molar-refractivity contribution in [1.29, 1.82) is 0 Å². The molecule has 1 aliphatic carbocycles. The van der Waals surface area contributed by atoms with Gasteiger partial charge in [-0.15, -0.1) is 0 Å². The third kappa shape index (κ3) is 4.49. The molecule has 162 valence electrons. The first-order valence-corrected chi connectivity index (χ1v) is 12.3. The van der Waals surface area contributed by atoms with Crippen LogP contribution in [0.4, 0.5) is 11.4 Å². The van der Waals surface area contributed by atoms with Crippen LogP contribution >= 0.6 is 15.9 Å². The van der Waals surface area contributed by atoms with E-state index in [-0.39, 0.29) is 5.91 Å². The molecule has 2 fully saturated rings. The van der Waals surface area contributed by atoms with Gasteiger partial charge in [-0.25, -0.2) is 4.98 Å². The molecule has 0 bridgehead atoms. The number of halogens is 1. The van der Waals surface area contributed by atoms with Crippen molar-refractivity contribution in [2.45, 2.75) is 57.3 Å². The normalized spacial score (nSPS) is 17.8. The fraction of sp³-hybridized carbons (Fsp3) is 0.440. The number of hydrogen-bond acceptors (Lipinski definition) is 3. The fourth-order valence-electron chi connectivity index (χ4n) is 4.93. The Morgan fingerprint density at radius 2 is 1.71 bits per heavy atom. The second-order valence-electron chi connectivity index (χ2n) is 8.85. The van der Waals surface area contributed by atoms with Gasteiger partial charge < -0.3 is 15.2 Å². The minimum absolute atomic E-state index is 0.0860. The summed E-state index contributed by atoms with van der Waals surface area (Å²) in [7, 11) is 0. The maximum Gasteiger partial charge on any atom is 0.255 e. The maximum atomic E-state index is 13.0. The van der Waals surface area contributed by atoms with Gasteiger partial charge in [0.1, 0.15) is 5.82 Å². The van der Waals surface area contributed by atoms with Crippen LogP contribution in [-0.2, 0) is 0 Å². The van der Waals surface area contributed by atoms with Gasteiger partial charge in [0.2, 0.25) is 0 Å². The van der Waals surface area contributed by atoms with E-state index in [1.807, 2.05) is 24.3 Å². The Kier molecular flexibility index (Phi) is 5.99. The monoisotopic (exact) mass is 480 g/mol. The molecule has 2 heterocycles. The van der Waals surface area contributed by atoms with E-state index in [1.165, 1.54) is 51.4 Å². The standard InChI is InChI=1S/C25H29BrN4O/c26-19-11-9-18(10-12-19)25(31)29-22-15-20-21(16-23(22)30-13-5-2-6-14-30)28-24(27-20)17-7-3-1-4-8-17/h9-12,15-17H,1-8,13-14H2,(H,27,28)(H,29,31). The summed E-state index contributed by atoms with van der Waals surface area (Å²) >= 11 is 3.44. The Hall–Kier alpha value is -2.34. The number of benzene rings is 2. The molecule has 0 unspecified atom stereocenters. The number of imidazole rings is 1. The van der Waals surface area contributed by atoms with Crippen LogP contribution < -0.4 is 10.2 Å². The van der Waals surface area contributed by atoms with Gasteiger partial charge in [-0.2, -0.15) is 0 Å². The van der Waals surface area contributed by atoms with E-state index in [1.54, 1.807) is 0 Å². The smallest absolute Gasteiger partial charge is 0.255 e. The molecule has 1 aliphatic heterocycles. The van der Waals surface area contributed by atoms with Gasteiger partial charge in [0.05, 0.1) is 22.4 Å². The van der Waals surface area contributed by atoms with Gasteiger partial charge in [-0.1, -0.05) is 35.2 Å². The van der Waals surface area contributed by atoms with E-state index in [0.717, 1.165) is 45.8 Å². The van der Waals surface area contributed by atoms with Gasteiger partial charge in [-0.05, 0) is 68.5 Å². The molecule has 1 saturated carbocycles. The third-order valence-corrected chi connectivity index (χ3v) is 7.19. The summed E-state index contributed by atoms with van der Waals surface area (Å²) in [6, 6.07) is 11.7. The number of aromatic nitrogens is 2. The lowest BCUT2D eigenvalue weighted by Crippen LogP contribution is -2.30. The summed E-state index contributed by atoms with van der Waals surface area (Å²) in [5, 5.41) is 3.18. The first-order valence-electron chi connectivity index (χ1n) is 11.5. The van der Waals surface area contributed by atoms with Crippen LogP contribution in [0.25, 0.3) is 11.0 Å². The van der Waals surface area contributed by atoms with Crippen LogP contribution in [0.2, 0.25) is 0 Å². The summed E-state index contributed by atoms with van der Waals surface area (Å²) in [5.41, 5.74) is 4.61. The quantitative estimate of drug-likeness (QED) is 0.441. The molecule has 0 radical (unpaired) electrons. The molecular weight excluding hydrogens is 452 g/mol. The molecule has 2 N–H and O–H groups in total. The van der Waals surface area contributed by atoms with Gasteiger partial charge in [0, 0.05) is 29.0 Å². The Balaban J connectivity index is 1.50. The van der Waals surface area contributed by atoms with E-state index in [9.17, 15) is 4.79 Å². The average Bonchev–Trinajstić information content (AvgIpc) is 3.23. The first-order chi connectivity index (χ1) is 15.2. The zero-order valence-electron chi connectivity index (χ0n) is 17.8. The highest BCUT2D eigenvalue weighted by Gasteiger charge is 2.22. The average molecular weight is 481 g/mol. The van der Waals surface area contributed by atoms with Gasteiger partial charge in [0.25, 0.3) is 5.91 Å². The van der Waals surface area contributed by atoms with E-state index in [4.69, 9.17) is 4.98 Å². The molecule has 0 atom stereocenters. The van der Waals surface area contributed by atoms with Gasteiger partial charge in [0.15, 0.2) is 0 Å². The van der Waals surface area contributed by atoms with Crippen LogP contribution in [0, 0.1) is 0 Å². The predicted molar refractivity (Wildman–Crippen MR) is 130 cm³/mol. The van der Waals surface area contributed by atoms with E-state index in [0.29, 0.717) is 11.5 Å². The van der Waals surface area contributed by atoms with Crippen LogP contribution in [-0.4, -0.2) is 29.0 Å². The summed E-state index contributed by atoms with van der Waals surface area (Å²) in [6.07, 6.45) is 9.98. The number of fused-ring (bicyclic) bond motifs is 1. The molecule has 2 aliphatic rings. The molecule has 5 rings (SSSR count). The van der Waals surface area contributed by atoms with Crippen molar-refractivity contribution in [2.24, 2.45) is 0 Å². The van der Waals surface area contributed by atoms with Crippen LogP contribution in [0.15, 0.2) is 40.9 Å². The van der Waals surface area contributed by atoms with Crippen molar-refractivity contribution in [2.75, 3.05) is 23.3 Å². The van der Waals surface area contributed by atoms with E-state index >= 15 is 0 Å². The molecule has 6 heteroatoms. The Morgan fingerprint density at radius 3 is 2.45 bits per heavy atom. The summed E-state index contributed by atoms with van der Waals surface area (Å²) < 4.78 is 0.965. The number of carbonyl (C=O) groups excluding carboxylic acids is 1. The SMILES string of the molecule is O=C(Nc1cc2[nH]c(C3CCCCC3)nc2cc1N1CCCCC1)c1ccc(Br)cc1. The molecule has 1 amide bonds. The van der Waals surface area contributed by atoms with Crippen molar-refractivity contribution < 1.29 is 4.79 Å². The molecule has 0 spiro atoms. The lowest BCUT2D eigenvalue weighted by molar-refractivity contribution is 0.102. The van der Waals surface area contributed by atoms with Gasteiger partial charge >= 0.3 is 0 Å². The largest absolute Gasteiger partial charge is 0.370 e. The fourth-order valence-corrected chi connectivity index (χ4v) is 5.19. The molecule has 3 aromatic rings. The number of nitrogens with one attached hydrogen (secondary N) is 2. The number of carbonyl (C=O) groups is 1. The zero-order valence-corrected chi connectivity index (χ0v) is 19.4. The molecule has 2 aromatic carbocycles. The number of amides is 1. The van der Waals surface area contributed by atoms with Gasteiger partial charge in [-0.3, -0.25) is 4.79 Å². The number of rotatable bonds is 4. The van der Waals surface area contributed by atoms with Crippen molar-refractivity contribution in [3.8, 4) is 0 Å². The lowest BCUT2D eigenvalue weighted by atomic mass is 9.89. The minimum Gasteiger partial charge on any atom is -0.370 e. The summed E-state index contributed by atoms with van der Waals surface area (Å²) in [5.74, 6) is 1.55. The Bertz CT molecular complexity index is 1060. The minimum atomic E-state index is -0.0860. The second kappa shape index (κ2) is 9.03. The van der Waals surface area contributed by atoms with Crippen molar-refractivity contribution in [3.63, 3.8) is 0 Å². The molecular formula is C25H29BrN4O. The van der Waals surface area contributed by atoms with E-state index in [2.05, 4.69) is 43.3 Å². The highest BCUT2D eigenvalue weighted by molar-refractivity contribution is 9.10. The number of hydrogen-bond donors (Lipinski definition) is 2. The highest BCUT2D eigenvalue weighted by Crippen LogP contribution is 2.36. The number of anilines is 2. The number of nitrogens with zero attached hydrogens (tertiary/aromatic N) is 2. The zero-order chi connectivity index (χ0) is 21.2. The number of piperidine rings is 1. The van der Waals surface area contributed by atoms with Crippen molar-refractivity contribution >= 4 is 44.2 Å². The molecule has 5 nitrogen and oxygen atoms in total. The summed E-state index contributed by atoms with van der Waals surface area (Å²) in [6.45, 7) is 2.04. The second-order valence-corrected chi connectivity index (χ2v) is 9.77. The van der Waals surface area contributed by atoms with Crippen LogP contribution in [0.5, 0.6) is 0 Å². The highest BCUT2D eigenvalue weighted by atomic mass is 79.9. The topological polar surface area (TPSA) is 61.0 Å². The van der Waals surface area contributed by atoms with Crippen LogP contribution in [0.1, 0.15) is 73.5 Å². The maximum absolute atomic E-state index is 13.0. The van der Waals surface area contributed by atoms with Crippen molar-refractivity contribution in [3.05, 3.63) is 52.3 Å². The van der Waals surface area contributed by atoms with E-state index < -0.39 is 0 Å². The summed E-state index contributed by atoms with van der Waals surface area (Å²) in [4.78, 5) is 23.9. The number of H-pyrrole nitrogens is 1. The molecule has 1 saturated heterocycles. The first kappa shape index (κ1) is 20.6. The lowest BCUT2D eigenvalue weighted by Gasteiger charge is -2.30. The predicted octanol–water partition coefficient (Wildman–Crippen LogP) is 6.62. The van der Waals surface area contributed by atoms with Crippen molar-refractivity contribution in [1.82, 2.24) is 9.97 Å². The Morgan fingerprint density at radius 1 is 1.00 bits per heavy atom. The molecule has 31 heavy (non-hydrogen) atoms. The van der Waals surface area contributed by atoms with Crippen LogP contribution in [0.3, 0.4) is 0 Å². The Labute approximate surface area is 191 Å². The number of aromatic amines is 1.